The van der Waals surface area contributed by atoms with Crippen LogP contribution in [0.2, 0.25) is 0 Å². The molecule has 0 bridgehead atoms. The van der Waals surface area contributed by atoms with Gasteiger partial charge in [0.1, 0.15) is 18.3 Å². The SMILES string of the molecule is CC[C@@H](C)NC(=O)[C@H](CC)N(CCc1ccccc1)C(=O)CN(c1cccc(OC)c1)S(=O)(=O)c1ccc(C)cc1. The van der Waals surface area contributed by atoms with Crippen LogP contribution >= 0.6 is 0 Å². The first-order chi connectivity index (χ1) is 19.6. The Bertz CT molecular complexity index is 1390. The van der Waals surface area contributed by atoms with Crippen LogP contribution in [0.1, 0.15) is 44.7 Å². The number of anilines is 1. The number of nitrogens with zero attached hydrogens (tertiary/aromatic N) is 2. The molecule has 3 aromatic carbocycles. The molecule has 0 spiro atoms. The summed E-state index contributed by atoms with van der Waals surface area (Å²) in [6, 6.07) is 22.0. The fourth-order valence-corrected chi connectivity index (χ4v) is 5.87. The summed E-state index contributed by atoms with van der Waals surface area (Å²) < 4.78 is 34.4. The van der Waals surface area contributed by atoms with Gasteiger partial charge in [-0.25, -0.2) is 8.42 Å². The van der Waals surface area contributed by atoms with Crippen LogP contribution in [-0.2, 0) is 26.0 Å². The molecule has 0 fully saturated rings. The maximum Gasteiger partial charge on any atom is 0.264 e. The van der Waals surface area contributed by atoms with E-state index in [-0.39, 0.29) is 23.4 Å². The van der Waals surface area contributed by atoms with Crippen molar-refractivity contribution in [2.45, 2.75) is 63.9 Å². The lowest BCUT2D eigenvalue weighted by atomic mass is 10.1. The zero-order valence-corrected chi connectivity index (χ0v) is 25.4. The van der Waals surface area contributed by atoms with Gasteiger partial charge in [-0.05, 0) is 62.9 Å². The van der Waals surface area contributed by atoms with E-state index in [4.69, 9.17) is 4.74 Å². The number of hydrogen-bond acceptors (Lipinski definition) is 5. The second kappa shape index (κ2) is 14.7. The van der Waals surface area contributed by atoms with Gasteiger partial charge in [0.05, 0.1) is 17.7 Å². The highest BCUT2D eigenvalue weighted by atomic mass is 32.2. The van der Waals surface area contributed by atoms with Crippen molar-refractivity contribution in [3.05, 3.63) is 90.0 Å². The van der Waals surface area contributed by atoms with Crippen molar-refractivity contribution in [1.29, 1.82) is 0 Å². The zero-order chi connectivity index (χ0) is 30.0. The van der Waals surface area contributed by atoms with E-state index in [0.717, 1.165) is 21.9 Å². The molecule has 3 rings (SSSR count). The van der Waals surface area contributed by atoms with Crippen molar-refractivity contribution in [2.75, 3.05) is 24.5 Å². The van der Waals surface area contributed by atoms with E-state index in [9.17, 15) is 18.0 Å². The Morgan fingerprint density at radius 3 is 2.22 bits per heavy atom. The fourth-order valence-electron chi connectivity index (χ4n) is 4.47. The molecule has 1 N–H and O–H groups in total. The molecule has 0 saturated carbocycles. The van der Waals surface area contributed by atoms with Gasteiger partial charge >= 0.3 is 0 Å². The molecular weight excluding hydrogens is 538 g/mol. The average molecular weight is 580 g/mol. The van der Waals surface area contributed by atoms with Crippen molar-refractivity contribution in [1.82, 2.24) is 10.2 Å². The normalized spacial score (nSPS) is 12.7. The average Bonchev–Trinajstić information content (AvgIpc) is 2.98. The summed E-state index contributed by atoms with van der Waals surface area (Å²) in [5, 5.41) is 2.99. The molecule has 41 heavy (non-hydrogen) atoms. The van der Waals surface area contributed by atoms with Gasteiger partial charge in [0.25, 0.3) is 10.0 Å². The van der Waals surface area contributed by atoms with E-state index in [0.29, 0.717) is 24.3 Å². The summed E-state index contributed by atoms with van der Waals surface area (Å²) in [6.07, 6.45) is 1.65. The molecule has 0 heterocycles. The molecule has 3 aromatic rings. The highest BCUT2D eigenvalue weighted by Gasteiger charge is 2.33. The van der Waals surface area contributed by atoms with Crippen molar-refractivity contribution >= 4 is 27.5 Å². The molecule has 220 valence electrons. The number of nitrogens with one attached hydrogen (secondary N) is 1. The van der Waals surface area contributed by atoms with Gasteiger partial charge in [0, 0.05) is 18.7 Å². The summed E-state index contributed by atoms with van der Waals surface area (Å²) in [7, 11) is -2.64. The minimum Gasteiger partial charge on any atom is -0.497 e. The highest BCUT2D eigenvalue weighted by molar-refractivity contribution is 7.92. The largest absolute Gasteiger partial charge is 0.497 e. The molecule has 8 nitrogen and oxygen atoms in total. The molecule has 9 heteroatoms. The van der Waals surface area contributed by atoms with E-state index in [2.05, 4.69) is 5.32 Å². The third-order valence-electron chi connectivity index (χ3n) is 7.10. The lowest BCUT2D eigenvalue weighted by Crippen LogP contribution is -2.54. The van der Waals surface area contributed by atoms with Crippen molar-refractivity contribution < 1.29 is 22.7 Å². The molecular formula is C32H41N3O5S. The third kappa shape index (κ3) is 8.33. The number of carbonyl (C=O) groups is 2. The molecule has 0 aromatic heterocycles. The summed E-state index contributed by atoms with van der Waals surface area (Å²) in [5.41, 5.74) is 2.22. The van der Waals surface area contributed by atoms with Gasteiger partial charge in [-0.15, -0.1) is 0 Å². The first kappa shape index (κ1) is 31.7. The van der Waals surface area contributed by atoms with Gasteiger partial charge < -0.3 is 15.0 Å². The Morgan fingerprint density at radius 1 is 0.927 bits per heavy atom. The Balaban J connectivity index is 2.03. The number of sulfonamides is 1. The Labute approximate surface area is 244 Å². The number of rotatable bonds is 14. The first-order valence-corrected chi connectivity index (χ1v) is 15.4. The summed E-state index contributed by atoms with van der Waals surface area (Å²) >= 11 is 0. The van der Waals surface area contributed by atoms with Crippen molar-refractivity contribution in [3.63, 3.8) is 0 Å². The molecule has 0 radical (unpaired) electrons. The van der Waals surface area contributed by atoms with E-state index in [1.807, 2.05) is 58.0 Å². The van der Waals surface area contributed by atoms with Crippen LogP contribution in [0.15, 0.2) is 83.8 Å². The standard InChI is InChI=1S/C32H41N3O5S/c1-6-25(4)33-32(37)30(7-2)34(21-20-26-12-9-8-10-13-26)31(36)23-35(27-14-11-15-28(22-27)40-5)41(38,39)29-18-16-24(3)17-19-29/h8-19,22,25,30H,6-7,20-21,23H2,1-5H3,(H,33,37)/t25-,30+/m1/s1. The van der Waals surface area contributed by atoms with Gasteiger partial charge in [0.15, 0.2) is 0 Å². The van der Waals surface area contributed by atoms with Crippen LogP contribution in [0.3, 0.4) is 0 Å². The van der Waals surface area contributed by atoms with Crippen molar-refractivity contribution in [3.8, 4) is 5.75 Å². The molecule has 0 aliphatic heterocycles. The van der Waals surface area contributed by atoms with Crippen LogP contribution < -0.4 is 14.4 Å². The molecule has 0 unspecified atom stereocenters. The quantitative estimate of drug-likeness (QED) is 0.291. The van der Waals surface area contributed by atoms with Crippen LogP contribution in [-0.4, -0.2) is 57.4 Å². The second-order valence-electron chi connectivity index (χ2n) is 10.1. The van der Waals surface area contributed by atoms with Gasteiger partial charge in [-0.1, -0.05) is 67.9 Å². The first-order valence-electron chi connectivity index (χ1n) is 14.0. The lowest BCUT2D eigenvalue weighted by molar-refractivity contribution is -0.139. The molecule has 0 saturated heterocycles. The van der Waals surface area contributed by atoms with Crippen LogP contribution in [0.5, 0.6) is 5.75 Å². The lowest BCUT2D eigenvalue weighted by Gasteiger charge is -2.33. The predicted octanol–water partition coefficient (Wildman–Crippen LogP) is 4.96. The van der Waals surface area contributed by atoms with Gasteiger partial charge in [-0.2, -0.15) is 0 Å². The van der Waals surface area contributed by atoms with Crippen LogP contribution in [0, 0.1) is 6.92 Å². The topological polar surface area (TPSA) is 96.0 Å². The summed E-state index contributed by atoms with van der Waals surface area (Å²) in [4.78, 5) is 29.0. The number of hydrogen-bond donors (Lipinski definition) is 1. The van der Waals surface area contributed by atoms with Gasteiger partial charge in [0.2, 0.25) is 11.8 Å². The highest BCUT2D eigenvalue weighted by Crippen LogP contribution is 2.28. The maximum atomic E-state index is 14.1. The van der Waals surface area contributed by atoms with E-state index < -0.39 is 28.5 Å². The van der Waals surface area contributed by atoms with E-state index >= 15 is 0 Å². The monoisotopic (exact) mass is 579 g/mol. The second-order valence-corrected chi connectivity index (χ2v) is 12.0. The number of methoxy groups -OCH3 is 1. The smallest absolute Gasteiger partial charge is 0.264 e. The van der Waals surface area contributed by atoms with Crippen LogP contribution in [0.4, 0.5) is 5.69 Å². The van der Waals surface area contributed by atoms with E-state index in [1.54, 1.807) is 36.4 Å². The third-order valence-corrected chi connectivity index (χ3v) is 8.89. The Hall–Kier alpha value is -3.85. The predicted molar refractivity (Wildman–Crippen MR) is 163 cm³/mol. The molecule has 2 atom stereocenters. The number of aryl methyl sites for hydroxylation is 1. The minimum absolute atomic E-state index is 0.0576. The fraction of sp³-hybridized carbons (Fsp3) is 0.375. The number of ether oxygens (including phenoxy) is 1. The molecule has 0 aliphatic rings. The number of amides is 2. The maximum absolute atomic E-state index is 14.1. The molecule has 0 aliphatic carbocycles. The minimum atomic E-state index is -4.14. The van der Waals surface area contributed by atoms with Crippen molar-refractivity contribution in [2.24, 2.45) is 0 Å². The van der Waals surface area contributed by atoms with E-state index in [1.165, 1.54) is 24.1 Å². The summed E-state index contributed by atoms with van der Waals surface area (Å²) in [5.74, 6) is -0.262. The Morgan fingerprint density at radius 2 is 1.61 bits per heavy atom. The zero-order valence-electron chi connectivity index (χ0n) is 24.5. The Kier molecular flexibility index (Phi) is 11.3. The van der Waals surface area contributed by atoms with Gasteiger partial charge in [-0.3, -0.25) is 13.9 Å². The number of benzene rings is 3. The van der Waals surface area contributed by atoms with Crippen LogP contribution in [0.25, 0.3) is 0 Å². The molecule has 2 amide bonds. The number of carbonyl (C=O) groups excluding carboxylic acids is 2. The summed E-state index contributed by atoms with van der Waals surface area (Å²) in [6.45, 7) is 7.40.